The molecule has 11 heteroatoms. The van der Waals surface area contributed by atoms with Gasteiger partial charge < -0.3 is 24.6 Å². The van der Waals surface area contributed by atoms with E-state index in [1.165, 1.54) is 18.3 Å². The van der Waals surface area contributed by atoms with Crippen molar-refractivity contribution in [2.45, 2.75) is 38.8 Å². The van der Waals surface area contributed by atoms with E-state index in [-0.39, 0.29) is 46.7 Å². The van der Waals surface area contributed by atoms with Gasteiger partial charge in [0.1, 0.15) is 11.4 Å². The lowest BCUT2D eigenvalue weighted by atomic mass is 9.66. The van der Waals surface area contributed by atoms with E-state index in [0.29, 0.717) is 39.1 Å². The first-order valence-corrected chi connectivity index (χ1v) is 11.7. The highest BCUT2D eigenvalue weighted by molar-refractivity contribution is 6.30. The molecule has 1 saturated carbocycles. The highest BCUT2D eigenvalue weighted by Gasteiger charge is 2.52. The van der Waals surface area contributed by atoms with Crippen LogP contribution in [0.4, 0.5) is 4.39 Å². The summed E-state index contributed by atoms with van der Waals surface area (Å²) in [4.78, 5) is 40.4. The van der Waals surface area contributed by atoms with E-state index in [1.54, 1.807) is 15.5 Å². The number of pyridine rings is 1. The molecule has 8 nitrogen and oxygen atoms in total. The minimum Gasteiger partial charge on any atom is -0.503 e. The Labute approximate surface area is 213 Å². The maximum absolute atomic E-state index is 14.2. The van der Waals surface area contributed by atoms with Gasteiger partial charge in [-0.3, -0.25) is 14.4 Å². The van der Waals surface area contributed by atoms with Crippen LogP contribution in [0.5, 0.6) is 5.75 Å². The number of likely N-dealkylation sites (N-methyl/N-ethyl adjacent to an activating group) is 1. The first kappa shape index (κ1) is 27.0. The summed E-state index contributed by atoms with van der Waals surface area (Å²) in [7, 11) is 0. The summed E-state index contributed by atoms with van der Waals surface area (Å²) in [6.45, 7) is 5.58. The number of fused-ring (bicyclic) bond motifs is 2. The van der Waals surface area contributed by atoms with Gasteiger partial charge in [-0.15, -0.1) is 12.4 Å². The third kappa shape index (κ3) is 4.77. The Morgan fingerprint density at radius 1 is 1.31 bits per heavy atom. The van der Waals surface area contributed by atoms with Crippen molar-refractivity contribution in [1.82, 2.24) is 14.8 Å². The smallest absolute Gasteiger partial charge is 0.274 e. The third-order valence-electron chi connectivity index (χ3n) is 6.66. The number of carbonyl (C=O) groups excluding carboxylic acids is 2. The summed E-state index contributed by atoms with van der Waals surface area (Å²) >= 11 is 5.79. The molecule has 2 amide bonds. The predicted molar refractivity (Wildman–Crippen MR) is 131 cm³/mol. The van der Waals surface area contributed by atoms with Crippen LogP contribution in [0.25, 0.3) is 0 Å². The van der Waals surface area contributed by atoms with Gasteiger partial charge in [-0.05, 0) is 38.7 Å². The second-order valence-corrected chi connectivity index (χ2v) is 9.22. The molecule has 0 radical (unpaired) electrons. The Hall–Kier alpha value is -2.62. The summed E-state index contributed by atoms with van der Waals surface area (Å²) in [6.07, 6.45) is 2.71. The average molecular weight is 528 g/mol. The molecule has 2 heterocycles. The zero-order valence-corrected chi connectivity index (χ0v) is 21.0. The highest BCUT2D eigenvalue weighted by atomic mass is 35.5. The molecule has 1 aromatic heterocycles. The SMILES string of the molecule is CCOCC1CC2(C1)CN(CC)C(=O)c1c(O)c(=O)c(C(=O)NCc3cccc(Cl)c3F)cn12.Cl. The van der Waals surface area contributed by atoms with Crippen LogP contribution in [0.2, 0.25) is 5.02 Å². The Bertz CT molecular complexity index is 1200. The summed E-state index contributed by atoms with van der Waals surface area (Å²) in [6, 6.07) is 4.42. The number of amides is 2. The number of carbonyl (C=O) groups is 2. The van der Waals surface area contributed by atoms with E-state index >= 15 is 0 Å². The van der Waals surface area contributed by atoms with E-state index < -0.39 is 34.3 Å². The number of nitrogens with one attached hydrogen (secondary N) is 1. The molecule has 1 aliphatic heterocycles. The molecule has 2 aromatic rings. The quantitative estimate of drug-likeness (QED) is 0.575. The van der Waals surface area contributed by atoms with Crippen LogP contribution >= 0.6 is 24.0 Å². The summed E-state index contributed by atoms with van der Waals surface area (Å²) in [5.41, 5.74) is -1.74. The van der Waals surface area contributed by atoms with E-state index in [0.717, 1.165) is 0 Å². The van der Waals surface area contributed by atoms with Crippen LogP contribution in [0.3, 0.4) is 0 Å². The molecule has 0 unspecified atom stereocenters. The zero-order valence-electron chi connectivity index (χ0n) is 19.5. The van der Waals surface area contributed by atoms with Crippen molar-refractivity contribution < 1.29 is 23.8 Å². The summed E-state index contributed by atoms with van der Waals surface area (Å²) < 4.78 is 21.3. The maximum Gasteiger partial charge on any atom is 0.274 e. The zero-order chi connectivity index (χ0) is 24.6. The number of rotatable bonds is 7. The van der Waals surface area contributed by atoms with Crippen LogP contribution in [-0.2, 0) is 16.8 Å². The molecule has 1 aromatic carbocycles. The Balaban J connectivity index is 0.00000342. The number of halogens is 3. The first-order chi connectivity index (χ1) is 16.2. The van der Waals surface area contributed by atoms with Crippen LogP contribution in [0.15, 0.2) is 29.2 Å². The second-order valence-electron chi connectivity index (χ2n) is 8.81. The number of hydrogen-bond acceptors (Lipinski definition) is 5. The molecular formula is C24H28Cl2FN3O5. The van der Waals surface area contributed by atoms with Crippen molar-refractivity contribution >= 4 is 35.8 Å². The first-order valence-electron chi connectivity index (χ1n) is 11.3. The van der Waals surface area contributed by atoms with Crippen molar-refractivity contribution in [3.8, 4) is 5.75 Å². The van der Waals surface area contributed by atoms with Gasteiger partial charge in [0.05, 0.1) is 10.6 Å². The monoisotopic (exact) mass is 527 g/mol. The molecule has 1 aliphatic carbocycles. The van der Waals surface area contributed by atoms with Gasteiger partial charge in [0.25, 0.3) is 11.8 Å². The van der Waals surface area contributed by atoms with Crippen molar-refractivity contribution in [3.63, 3.8) is 0 Å². The largest absolute Gasteiger partial charge is 0.503 e. The predicted octanol–water partition coefficient (Wildman–Crippen LogP) is 3.32. The van der Waals surface area contributed by atoms with Crippen molar-refractivity contribution in [3.05, 3.63) is 62.3 Å². The Morgan fingerprint density at radius 2 is 2.03 bits per heavy atom. The topological polar surface area (TPSA) is 101 Å². The number of ether oxygens (including phenoxy) is 1. The number of aromatic nitrogens is 1. The fourth-order valence-corrected chi connectivity index (χ4v) is 5.14. The van der Waals surface area contributed by atoms with Crippen molar-refractivity contribution in [2.24, 2.45) is 5.92 Å². The molecule has 0 atom stereocenters. The normalized spacial score (nSPS) is 20.7. The highest BCUT2D eigenvalue weighted by Crippen LogP contribution is 2.48. The lowest BCUT2D eigenvalue weighted by Crippen LogP contribution is -2.61. The lowest BCUT2D eigenvalue weighted by Gasteiger charge is -2.54. The molecule has 0 bridgehead atoms. The number of benzene rings is 1. The average Bonchev–Trinajstić information content (AvgIpc) is 2.80. The standard InChI is InChI=1S/C24H27ClFN3O5.ClH/c1-3-28-13-24(8-14(9-24)12-34-4-2)29-11-16(20(30)21(31)19(29)23(28)33)22(32)27-10-15-6-5-7-17(25)18(15)26;/h5-7,11,14,31H,3-4,8-10,12-13H2,1-2H3,(H,27,32);1H. The molecular weight excluding hydrogens is 500 g/mol. The molecule has 2 N–H and O–H groups in total. The fourth-order valence-electron chi connectivity index (χ4n) is 4.95. The number of hydrogen-bond donors (Lipinski definition) is 2. The number of aromatic hydroxyl groups is 1. The van der Waals surface area contributed by atoms with Gasteiger partial charge >= 0.3 is 0 Å². The molecule has 1 fully saturated rings. The van der Waals surface area contributed by atoms with Crippen LogP contribution in [-0.4, -0.2) is 52.7 Å². The van der Waals surface area contributed by atoms with E-state index in [9.17, 15) is 23.9 Å². The van der Waals surface area contributed by atoms with E-state index in [4.69, 9.17) is 16.3 Å². The minimum atomic E-state index is -0.943. The van der Waals surface area contributed by atoms with Gasteiger partial charge in [0.2, 0.25) is 5.43 Å². The Kier molecular flexibility index (Phi) is 8.14. The summed E-state index contributed by atoms with van der Waals surface area (Å²) in [5, 5.41) is 13.2. The molecule has 2 aliphatic rings. The molecule has 190 valence electrons. The van der Waals surface area contributed by atoms with Crippen LogP contribution in [0.1, 0.15) is 53.1 Å². The van der Waals surface area contributed by atoms with Crippen LogP contribution in [0, 0.1) is 11.7 Å². The molecule has 35 heavy (non-hydrogen) atoms. The lowest BCUT2D eigenvalue weighted by molar-refractivity contribution is -0.0295. The molecule has 1 spiro atoms. The van der Waals surface area contributed by atoms with Gasteiger partial charge in [-0.1, -0.05) is 23.7 Å². The van der Waals surface area contributed by atoms with Crippen LogP contribution < -0.4 is 10.7 Å². The van der Waals surface area contributed by atoms with Gasteiger partial charge in [0, 0.05) is 44.6 Å². The van der Waals surface area contributed by atoms with Gasteiger partial charge in [-0.2, -0.15) is 0 Å². The van der Waals surface area contributed by atoms with Gasteiger partial charge in [0.15, 0.2) is 11.4 Å². The number of nitrogens with zero attached hydrogens (tertiary/aromatic N) is 2. The molecule has 0 saturated heterocycles. The van der Waals surface area contributed by atoms with E-state index in [1.807, 2.05) is 13.8 Å². The fraction of sp³-hybridized carbons (Fsp3) is 0.458. The van der Waals surface area contributed by atoms with E-state index in [2.05, 4.69) is 5.32 Å². The maximum atomic E-state index is 14.2. The molecule has 4 rings (SSSR count). The minimum absolute atomic E-state index is 0. The second kappa shape index (κ2) is 10.6. The Morgan fingerprint density at radius 3 is 2.69 bits per heavy atom. The van der Waals surface area contributed by atoms with Crippen molar-refractivity contribution in [2.75, 3.05) is 26.3 Å². The third-order valence-corrected chi connectivity index (χ3v) is 6.95. The van der Waals surface area contributed by atoms with Gasteiger partial charge in [-0.25, -0.2) is 4.39 Å². The summed E-state index contributed by atoms with van der Waals surface area (Å²) in [5.74, 6) is -2.38. The van der Waals surface area contributed by atoms with Crippen molar-refractivity contribution in [1.29, 1.82) is 0 Å².